The van der Waals surface area contributed by atoms with Gasteiger partial charge in [-0.05, 0) is 42.3 Å². The van der Waals surface area contributed by atoms with Crippen LogP contribution in [0.15, 0.2) is 48.7 Å². The Morgan fingerprint density at radius 2 is 1.88 bits per heavy atom. The molecule has 0 bridgehead atoms. The number of thiophene rings is 1. The topological polar surface area (TPSA) is 50.8 Å². The summed E-state index contributed by atoms with van der Waals surface area (Å²) in [5, 5.41) is 13.3. The van der Waals surface area contributed by atoms with E-state index in [9.17, 15) is 13.2 Å². The zero-order valence-electron chi connectivity index (χ0n) is 12.8. The fourth-order valence-corrected chi connectivity index (χ4v) is 3.02. The first-order chi connectivity index (χ1) is 11.9. The lowest BCUT2D eigenvalue weighted by Crippen LogP contribution is -2.17. The van der Waals surface area contributed by atoms with Crippen molar-refractivity contribution in [1.29, 1.82) is 5.26 Å². The van der Waals surface area contributed by atoms with Gasteiger partial charge >= 0.3 is 6.36 Å². The molecule has 0 radical (unpaired) electrons. The van der Waals surface area contributed by atoms with Crippen LogP contribution < -0.4 is 4.74 Å². The van der Waals surface area contributed by atoms with Crippen molar-refractivity contribution in [3.8, 4) is 22.4 Å². The molecule has 3 rings (SSSR count). The molecule has 25 heavy (non-hydrogen) atoms. The van der Waals surface area contributed by atoms with E-state index in [-0.39, 0.29) is 5.75 Å². The maximum absolute atomic E-state index is 12.1. The highest BCUT2D eigenvalue weighted by atomic mass is 32.1. The number of nitrogens with zero attached hydrogens (tertiary/aromatic N) is 3. The maximum Gasteiger partial charge on any atom is 0.573 e. The molecular weight excluding hydrogens is 351 g/mol. The molecule has 3 aromatic rings. The van der Waals surface area contributed by atoms with Gasteiger partial charge in [-0.1, -0.05) is 12.1 Å². The molecule has 0 N–H and O–H groups in total. The van der Waals surface area contributed by atoms with Gasteiger partial charge in [0, 0.05) is 12.7 Å². The van der Waals surface area contributed by atoms with Crippen molar-refractivity contribution in [3.63, 3.8) is 0 Å². The van der Waals surface area contributed by atoms with Crippen molar-refractivity contribution in [2.24, 2.45) is 0 Å². The van der Waals surface area contributed by atoms with Gasteiger partial charge < -0.3 is 4.74 Å². The highest BCUT2D eigenvalue weighted by Gasteiger charge is 2.30. The minimum Gasteiger partial charge on any atom is -0.406 e. The molecule has 0 amide bonds. The van der Waals surface area contributed by atoms with Crippen LogP contribution >= 0.6 is 11.3 Å². The fraction of sp³-hybridized carbons (Fsp3) is 0.176. The Morgan fingerprint density at radius 1 is 1.12 bits per heavy atom. The summed E-state index contributed by atoms with van der Waals surface area (Å²) in [7, 11) is 0. The van der Waals surface area contributed by atoms with Gasteiger partial charge in [-0.15, -0.1) is 24.5 Å². The minimum absolute atomic E-state index is 0.233. The second-order valence-electron chi connectivity index (χ2n) is 5.18. The van der Waals surface area contributed by atoms with E-state index >= 15 is 0 Å². The fourth-order valence-electron chi connectivity index (χ4n) is 2.25. The summed E-state index contributed by atoms with van der Waals surface area (Å²) in [5.41, 5.74) is 1.68. The molecule has 0 spiro atoms. The van der Waals surface area contributed by atoms with Gasteiger partial charge in [-0.3, -0.25) is 4.68 Å². The van der Waals surface area contributed by atoms with Crippen molar-refractivity contribution in [2.75, 3.05) is 0 Å². The van der Waals surface area contributed by atoms with Gasteiger partial charge in [0.1, 0.15) is 22.4 Å². The van der Waals surface area contributed by atoms with Gasteiger partial charge in [0.05, 0.1) is 4.88 Å². The third-order valence-electron chi connectivity index (χ3n) is 3.40. The average Bonchev–Trinajstić information content (AvgIpc) is 3.21. The van der Waals surface area contributed by atoms with Gasteiger partial charge in [-0.2, -0.15) is 10.4 Å². The minimum atomic E-state index is -4.68. The third kappa shape index (κ3) is 4.61. The Labute approximate surface area is 145 Å². The van der Waals surface area contributed by atoms with E-state index in [4.69, 9.17) is 5.26 Å². The second kappa shape index (κ2) is 6.99. The molecular formula is C17H12F3N3OS. The molecule has 0 saturated heterocycles. The number of alkyl halides is 3. The van der Waals surface area contributed by atoms with Crippen LogP contribution in [0.2, 0.25) is 0 Å². The van der Waals surface area contributed by atoms with E-state index in [1.807, 2.05) is 18.3 Å². The van der Waals surface area contributed by atoms with Crippen LogP contribution in [-0.4, -0.2) is 16.1 Å². The number of benzene rings is 1. The SMILES string of the molecule is N#Cc1ccc(-c2ccn(CCc3ccc(OC(F)(F)F)cc3)n2)s1. The van der Waals surface area contributed by atoms with Gasteiger partial charge in [-0.25, -0.2) is 0 Å². The van der Waals surface area contributed by atoms with Crippen LogP contribution in [0.5, 0.6) is 5.75 Å². The average molecular weight is 363 g/mol. The number of halogens is 3. The number of hydrogen-bond acceptors (Lipinski definition) is 4. The normalized spacial score (nSPS) is 11.3. The largest absolute Gasteiger partial charge is 0.573 e. The monoisotopic (exact) mass is 363 g/mol. The zero-order valence-corrected chi connectivity index (χ0v) is 13.6. The maximum atomic E-state index is 12.1. The van der Waals surface area contributed by atoms with E-state index in [0.717, 1.165) is 16.1 Å². The molecule has 0 aliphatic carbocycles. The van der Waals surface area contributed by atoms with Crippen LogP contribution in [0.3, 0.4) is 0 Å². The molecule has 0 aliphatic heterocycles. The number of rotatable bonds is 5. The van der Waals surface area contributed by atoms with Crippen LogP contribution in [-0.2, 0) is 13.0 Å². The predicted molar refractivity (Wildman–Crippen MR) is 87.1 cm³/mol. The number of ether oxygens (including phenoxy) is 1. The first-order valence-corrected chi connectivity index (χ1v) is 8.13. The van der Waals surface area contributed by atoms with E-state index < -0.39 is 6.36 Å². The molecule has 2 aromatic heterocycles. The predicted octanol–water partition coefficient (Wildman–Crippen LogP) is 4.62. The lowest BCUT2D eigenvalue weighted by atomic mass is 10.1. The summed E-state index contributed by atoms with van der Waals surface area (Å²) in [6.07, 6.45) is -2.22. The van der Waals surface area contributed by atoms with Crippen LogP contribution in [0.1, 0.15) is 10.4 Å². The summed E-state index contributed by atoms with van der Waals surface area (Å²) >= 11 is 1.38. The van der Waals surface area contributed by atoms with Crippen molar-refractivity contribution in [3.05, 3.63) is 59.1 Å². The quantitative estimate of drug-likeness (QED) is 0.664. The smallest absolute Gasteiger partial charge is 0.406 e. The van der Waals surface area contributed by atoms with E-state index in [0.29, 0.717) is 17.8 Å². The highest BCUT2D eigenvalue weighted by Crippen LogP contribution is 2.26. The molecule has 1 aromatic carbocycles. The number of hydrogen-bond donors (Lipinski definition) is 0. The standard InChI is InChI=1S/C17H12F3N3OS/c18-17(19,20)24-13-3-1-12(2-4-13)7-9-23-10-8-15(22-23)16-6-5-14(11-21)25-16/h1-6,8,10H,7,9H2. The summed E-state index contributed by atoms with van der Waals surface area (Å²) in [6, 6.07) is 13.4. The first-order valence-electron chi connectivity index (χ1n) is 7.31. The van der Waals surface area contributed by atoms with Gasteiger partial charge in [0.2, 0.25) is 0 Å². The Balaban J connectivity index is 1.60. The number of nitriles is 1. The summed E-state index contributed by atoms with van der Waals surface area (Å²) in [6.45, 7) is 0.593. The molecule has 128 valence electrons. The molecule has 8 heteroatoms. The van der Waals surface area contributed by atoms with Crippen molar-refractivity contribution >= 4 is 11.3 Å². The molecule has 0 atom stereocenters. The molecule has 0 aliphatic rings. The lowest BCUT2D eigenvalue weighted by Gasteiger charge is -2.09. The Bertz CT molecular complexity index is 891. The Morgan fingerprint density at radius 3 is 2.52 bits per heavy atom. The van der Waals surface area contributed by atoms with Crippen molar-refractivity contribution in [1.82, 2.24) is 9.78 Å². The first kappa shape index (κ1) is 17.0. The molecule has 0 unspecified atom stereocenters. The van der Waals surface area contributed by atoms with Crippen LogP contribution in [0, 0.1) is 11.3 Å². The molecule has 4 nitrogen and oxygen atoms in total. The molecule has 2 heterocycles. The van der Waals surface area contributed by atoms with Crippen molar-refractivity contribution in [2.45, 2.75) is 19.3 Å². The van der Waals surface area contributed by atoms with E-state index in [2.05, 4.69) is 15.9 Å². The van der Waals surface area contributed by atoms with E-state index in [1.54, 1.807) is 22.9 Å². The van der Waals surface area contributed by atoms with Crippen molar-refractivity contribution < 1.29 is 17.9 Å². The summed E-state index contributed by atoms with van der Waals surface area (Å²) in [4.78, 5) is 1.55. The van der Waals surface area contributed by atoms with Crippen LogP contribution in [0.25, 0.3) is 10.6 Å². The zero-order chi connectivity index (χ0) is 17.9. The second-order valence-corrected chi connectivity index (χ2v) is 6.27. The lowest BCUT2D eigenvalue weighted by molar-refractivity contribution is -0.274. The van der Waals surface area contributed by atoms with Gasteiger partial charge in [0.15, 0.2) is 0 Å². The number of aromatic nitrogens is 2. The Hall–Kier alpha value is -2.79. The third-order valence-corrected chi connectivity index (χ3v) is 4.41. The summed E-state index contributed by atoms with van der Waals surface area (Å²) < 4.78 is 42.0. The molecule has 0 fully saturated rings. The van der Waals surface area contributed by atoms with E-state index in [1.165, 1.54) is 23.5 Å². The number of aryl methyl sites for hydroxylation is 2. The van der Waals surface area contributed by atoms with Crippen LogP contribution in [0.4, 0.5) is 13.2 Å². The molecule has 0 saturated carbocycles. The highest BCUT2D eigenvalue weighted by molar-refractivity contribution is 7.15. The Kier molecular flexibility index (Phi) is 4.76. The van der Waals surface area contributed by atoms with Gasteiger partial charge in [0.25, 0.3) is 0 Å². The summed E-state index contributed by atoms with van der Waals surface area (Å²) in [5.74, 6) is -0.233.